The van der Waals surface area contributed by atoms with E-state index in [9.17, 15) is 4.79 Å². The minimum absolute atomic E-state index is 0.417. The van der Waals surface area contributed by atoms with E-state index in [0.29, 0.717) is 6.42 Å². The van der Waals surface area contributed by atoms with Crippen LogP contribution in [0.4, 0.5) is 0 Å². The molecule has 3 nitrogen and oxygen atoms in total. The van der Waals surface area contributed by atoms with Crippen molar-refractivity contribution in [3.63, 3.8) is 0 Å². The van der Waals surface area contributed by atoms with Gasteiger partial charge in [0.1, 0.15) is 17.2 Å². The van der Waals surface area contributed by atoms with Crippen LogP contribution in [0.1, 0.15) is 5.69 Å². The summed E-state index contributed by atoms with van der Waals surface area (Å²) in [6.07, 6.45) is 3.01. The molecule has 0 N–H and O–H groups in total. The lowest BCUT2D eigenvalue weighted by Gasteiger charge is -2.00. The minimum atomic E-state index is 0.417. The van der Waals surface area contributed by atoms with Crippen molar-refractivity contribution in [1.82, 2.24) is 9.38 Å². The van der Waals surface area contributed by atoms with Crippen molar-refractivity contribution in [1.29, 1.82) is 0 Å². The molecule has 2 aromatic rings. The third-order valence-electron chi connectivity index (χ3n) is 1.90. The largest absolute Gasteiger partial charge is 0.303 e. The molecule has 0 aromatic carbocycles. The molecule has 66 valence electrons. The highest BCUT2D eigenvalue weighted by atomic mass is 79.9. The van der Waals surface area contributed by atoms with Gasteiger partial charge < -0.3 is 9.20 Å². The van der Waals surface area contributed by atoms with Crippen molar-refractivity contribution in [2.24, 2.45) is 0 Å². The summed E-state index contributed by atoms with van der Waals surface area (Å²) in [4.78, 5) is 14.5. The van der Waals surface area contributed by atoms with E-state index in [1.165, 1.54) is 0 Å². The number of pyridine rings is 1. The van der Waals surface area contributed by atoms with Crippen LogP contribution >= 0.6 is 15.9 Å². The Morgan fingerprint density at radius 2 is 2.38 bits per heavy atom. The first-order valence-corrected chi connectivity index (χ1v) is 4.66. The van der Waals surface area contributed by atoms with E-state index in [1.807, 2.05) is 22.6 Å². The van der Waals surface area contributed by atoms with Crippen LogP contribution in [-0.4, -0.2) is 15.7 Å². The summed E-state index contributed by atoms with van der Waals surface area (Å²) >= 11 is 3.33. The Labute approximate surface area is 83.5 Å². The number of nitrogens with zero attached hydrogens (tertiary/aromatic N) is 2. The van der Waals surface area contributed by atoms with Gasteiger partial charge in [-0.15, -0.1) is 0 Å². The van der Waals surface area contributed by atoms with Crippen molar-refractivity contribution >= 4 is 27.7 Å². The number of hydrogen-bond donors (Lipinski definition) is 0. The van der Waals surface area contributed by atoms with E-state index in [0.717, 1.165) is 22.1 Å². The highest BCUT2D eigenvalue weighted by Gasteiger charge is 2.03. The molecule has 0 amide bonds. The average molecular weight is 239 g/mol. The van der Waals surface area contributed by atoms with Crippen LogP contribution in [0, 0.1) is 0 Å². The molecule has 0 fully saturated rings. The topological polar surface area (TPSA) is 34.4 Å². The quantitative estimate of drug-likeness (QED) is 0.749. The molecule has 0 bridgehead atoms. The summed E-state index contributed by atoms with van der Waals surface area (Å²) < 4.78 is 2.71. The molecule has 2 aromatic heterocycles. The van der Waals surface area contributed by atoms with Gasteiger partial charge in [-0.25, -0.2) is 4.98 Å². The fourth-order valence-corrected chi connectivity index (χ4v) is 1.71. The molecular formula is C9H7BrN2O. The molecule has 13 heavy (non-hydrogen) atoms. The number of rotatable bonds is 2. The summed E-state index contributed by atoms with van der Waals surface area (Å²) in [6.45, 7) is 0. The summed E-state index contributed by atoms with van der Waals surface area (Å²) in [6, 6.07) is 5.78. The minimum Gasteiger partial charge on any atom is -0.303 e. The molecule has 0 atom stereocenters. The zero-order chi connectivity index (χ0) is 9.26. The van der Waals surface area contributed by atoms with Gasteiger partial charge in [-0.3, -0.25) is 0 Å². The maximum Gasteiger partial charge on any atom is 0.131 e. The molecule has 2 rings (SSSR count). The molecule has 0 unspecified atom stereocenters. The SMILES string of the molecule is O=CCc1cccc2c(Br)ncn12. The second-order valence-electron chi connectivity index (χ2n) is 2.68. The van der Waals surface area contributed by atoms with Crippen LogP contribution < -0.4 is 0 Å². The number of fused-ring (bicyclic) bond motifs is 1. The summed E-state index contributed by atoms with van der Waals surface area (Å²) in [5.41, 5.74) is 1.94. The van der Waals surface area contributed by atoms with Crippen molar-refractivity contribution in [3.05, 3.63) is 34.8 Å². The van der Waals surface area contributed by atoms with Crippen LogP contribution in [0.5, 0.6) is 0 Å². The molecule has 0 aliphatic heterocycles. The molecule has 0 saturated carbocycles. The van der Waals surface area contributed by atoms with Crippen molar-refractivity contribution in [2.45, 2.75) is 6.42 Å². The Morgan fingerprint density at radius 1 is 1.54 bits per heavy atom. The van der Waals surface area contributed by atoms with Gasteiger partial charge in [0.25, 0.3) is 0 Å². The third kappa shape index (κ3) is 1.37. The molecule has 0 radical (unpaired) electrons. The molecule has 0 saturated heterocycles. The molecule has 0 aliphatic rings. The van der Waals surface area contributed by atoms with Crippen LogP contribution in [0.2, 0.25) is 0 Å². The van der Waals surface area contributed by atoms with E-state index in [4.69, 9.17) is 0 Å². The standard InChI is InChI=1S/C9H7BrN2O/c10-9-8-3-1-2-7(4-5-13)12(8)6-11-9/h1-3,5-6H,4H2. The predicted molar refractivity (Wildman–Crippen MR) is 52.7 cm³/mol. The summed E-state index contributed by atoms with van der Waals surface area (Å²) in [5, 5.41) is 0. The van der Waals surface area contributed by atoms with E-state index in [2.05, 4.69) is 20.9 Å². The maximum atomic E-state index is 10.4. The molecule has 0 spiro atoms. The second-order valence-corrected chi connectivity index (χ2v) is 3.43. The Morgan fingerprint density at radius 3 is 3.15 bits per heavy atom. The van der Waals surface area contributed by atoms with Gasteiger partial charge in [0.15, 0.2) is 0 Å². The molecule has 0 aliphatic carbocycles. The number of aldehydes is 1. The van der Waals surface area contributed by atoms with Gasteiger partial charge in [0, 0.05) is 12.1 Å². The fraction of sp³-hybridized carbons (Fsp3) is 0.111. The number of halogens is 1. The Kier molecular flexibility index (Phi) is 2.14. The van der Waals surface area contributed by atoms with Crippen molar-refractivity contribution in [3.8, 4) is 0 Å². The Balaban J connectivity index is 2.69. The van der Waals surface area contributed by atoms with Crippen LogP contribution in [-0.2, 0) is 11.2 Å². The lowest BCUT2D eigenvalue weighted by Crippen LogP contribution is -1.95. The highest BCUT2D eigenvalue weighted by molar-refractivity contribution is 9.10. The number of hydrogen-bond acceptors (Lipinski definition) is 2. The van der Waals surface area contributed by atoms with Gasteiger partial charge in [-0.1, -0.05) is 6.07 Å². The first-order chi connectivity index (χ1) is 6.33. The Hall–Kier alpha value is -1.16. The van der Waals surface area contributed by atoms with Gasteiger partial charge in [0.2, 0.25) is 0 Å². The zero-order valence-corrected chi connectivity index (χ0v) is 8.36. The first-order valence-electron chi connectivity index (χ1n) is 3.87. The number of carbonyl (C=O) groups excluding carboxylic acids is 1. The lowest BCUT2D eigenvalue weighted by atomic mass is 10.3. The van der Waals surface area contributed by atoms with Crippen LogP contribution in [0.15, 0.2) is 29.1 Å². The summed E-state index contributed by atoms with van der Waals surface area (Å²) in [5.74, 6) is 0. The summed E-state index contributed by atoms with van der Waals surface area (Å²) in [7, 11) is 0. The third-order valence-corrected chi connectivity index (χ3v) is 2.51. The zero-order valence-electron chi connectivity index (χ0n) is 6.77. The smallest absolute Gasteiger partial charge is 0.131 e. The normalized spacial score (nSPS) is 10.5. The van der Waals surface area contributed by atoms with E-state index in [-0.39, 0.29) is 0 Å². The van der Waals surface area contributed by atoms with Crippen molar-refractivity contribution in [2.75, 3.05) is 0 Å². The number of carbonyl (C=O) groups is 1. The second kappa shape index (κ2) is 3.30. The molecular weight excluding hydrogens is 232 g/mol. The van der Waals surface area contributed by atoms with E-state index in [1.54, 1.807) is 6.33 Å². The van der Waals surface area contributed by atoms with Gasteiger partial charge in [-0.05, 0) is 28.1 Å². The fourth-order valence-electron chi connectivity index (χ4n) is 1.30. The van der Waals surface area contributed by atoms with E-state index >= 15 is 0 Å². The first kappa shape index (κ1) is 8.44. The highest BCUT2D eigenvalue weighted by Crippen LogP contribution is 2.17. The Bertz CT molecular complexity index is 450. The van der Waals surface area contributed by atoms with Crippen LogP contribution in [0.3, 0.4) is 0 Å². The monoisotopic (exact) mass is 238 g/mol. The van der Waals surface area contributed by atoms with Gasteiger partial charge in [-0.2, -0.15) is 0 Å². The van der Waals surface area contributed by atoms with Crippen molar-refractivity contribution < 1.29 is 4.79 Å². The average Bonchev–Trinajstić information content (AvgIpc) is 2.50. The predicted octanol–water partition coefficient (Wildman–Crippen LogP) is 1.84. The number of aromatic nitrogens is 2. The maximum absolute atomic E-state index is 10.4. The van der Waals surface area contributed by atoms with Gasteiger partial charge >= 0.3 is 0 Å². The molecule has 2 heterocycles. The van der Waals surface area contributed by atoms with Gasteiger partial charge in [0.05, 0.1) is 5.52 Å². The molecule has 4 heteroatoms. The van der Waals surface area contributed by atoms with Crippen LogP contribution in [0.25, 0.3) is 5.52 Å². The van der Waals surface area contributed by atoms with E-state index < -0.39 is 0 Å². The number of imidazole rings is 1. The lowest BCUT2D eigenvalue weighted by molar-refractivity contribution is -0.107.